The molecule has 7 nitrogen and oxygen atoms in total. The topological polar surface area (TPSA) is 85.6 Å². The van der Waals surface area contributed by atoms with Gasteiger partial charge in [-0.3, -0.25) is 9.78 Å². The fourth-order valence-electron chi connectivity index (χ4n) is 3.06. The number of carbonyl (C=O) groups is 1. The summed E-state index contributed by atoms with van der Waals surface area (Å²) in [6, 6.07) is 13.3. The number of hydrogen-bond donors (Lipinski definition) is 1. The third-order valence-electron chi connectivity index (χ3n) is 4.55. The van der Waals surface area contributed by atoms with Crippen molar-refractivity contribution < 1.29 is 4.79 Å². The van der Waals surface area contributed by atoms with Crippen molar-refractivity contribution in [1.82, 2.24) is 24.7 Å². The van der Waals surface area contributed by atoms with E-state index in [-0.39, 0.29) is 17.7 Å². The van der Waals surface area contributed by atoms with Crippen LogP contribution in [-0.2, 0) is 16.6 Å². The highest BCUT2D eigenvalue weighted by molar-refractivity contribution is 5.94. The standard InChI is InChI=1S/C22H22N6O/c1-22(2,3)17-14-18(28(27-17)21-24-11-6-12-25-21)26-19(29)13-16-8-4-7-15-9-5-10-23-20(15)16/h4-12,14H,13H2,1-3H3,(H,26,29). The second kappa shape index (κ2) is 7.43. The predicted molar refractivity (Wildman–Crippen MR) is 112 cm³/mol. The molecule has 0 unspecified atom stereocenters. The number of amides is 1. The average Bonchev–Trinajstić information content (AvgIpc) is 3.13. The Morgan fingerprint density at radius 2 is 1.72 bits per heavy atom. The fourth-order valence-corrected chi connectivity index (χ4v) is 3.06. The molecule has 3 aromatic heterocycles. The molecule has 0 aliphatic carbocycles. The molecule has 3 heterocycles. The highest BCUT2D eigenvalue weighted by Crippen LogP contribution is 2.25. The lowest BCUT2D eigenvalue weighted by Crippen LogP contribution is -2.18. The van der Waals surface area contributed by atoms with Crippen LogP contribution in [-0.4, -0.2) is 30.6 Å². The molecule has 0 bridgehead atoms. The Morgan fingerprint density at radius 3 is 2.48 bits per heavy atom. The van der Waals surface area contributed by atoms with Crippen LogP contribution in [0.25, 0.3) is 16.9 Å². The molecule has 0 aliphatic rings. The van der Waals surface area contributed by atoms with E-state index in [1.165, 1.54) is 0 Å². The summed E-state index contributed by atoms with van der Waals surface area (Å²) in [6.07, 6.45) is 5.24. The lowest BCUT2D eigenvalue weighted by molar-refractivity contribution is -0.115. The van der Waals surface area contributed by atoms with Gasteiger partial charge in [-0.1, -0.05) is 45.0 Å². The Morgan fingerprint density at radius 1 is 1.00 bits per heavy atom. The zero-order valence-corrected chi connectivity index (χ0v) is 16.6. The van der Waals surface area contributed by atoms with Crippen molar-refractivity contribution >= 4 is 22.6 Å². The van der Waals surface area contributed by atoms with Gasteiger partial charge in [0.05, 0.1) is 17.6 Å². The first-order valence-electron chi connectivity index (χ1n) is 9.42. The van der Waals surface area contributed by atoms with Crippen LogP contribution < -0.4 is 5.32 Å². The first kappa shape index (κ1) is 18.7. The van der Waals surface area contributed by atoms with Crippen molar-refractivity contribution in [2.75, 3.05) is 5.32 Å². The van der Waals surface area contributed by atoms with Crippen molar-refractivity contribution in [2.45, 2.75) is 32.6 Å². The van der Waals surface area contributed by atoms with E-state index in [9.17, 15) is 4.79 Å². The van der Waals surface area contributed by atoms with Gasteiger partial charge in [-0.05, 0) is 17.7 Å². The molecular weight excluding hydrogens is 364 g/mol. The number of aromatic nitrogens is 5. The summed E-state index contributed by atoms with van der Waals surface area (Å²) in [6.45, 7) is 6.21. The van der Waals surface area contributed by atoms with Gasteiger partial charge in [0.25, 0.3) is 5.95 Å². The van der Waals surface area contributed by atoms with Crippen LogP contribution in [0, 0.1) is 0 Å². The predicted octanol–water partition coefficient (Wildman–Crippen LogP) is 3.69. The van der Waals surface area contributed by atoms with E-state index in [1.54, 1.807) is 29.3 Å². The first-order chi connectivity index (χ1) is 13.9. The van der Waals surface area contributed by atoms with E-state index in [0.29, 0.717) is 11.8 Å². The number of pyridine rings is 1. The zero-order valence-electron chi connectivity index (χ0n) is 16.6. The van der Waals surface area contributed by atoms with Gasteiger partial charge in [0, 0.05) is 35.5 Å². The third kappa shape index (κ3) is 3.99. The van der Waals surface area contributed by atoms with Crippen LogP contribution in [0.2, 0.25) is 0 Å². The number of para-hydroxylation sites is 1. The van der Waals surface area contributed by atoms with Crippen molar-refractivity contribution in [1.29, 1.82) is 0 Å². The van der Waals surface area contributed by atoms with Crippen LogP contribution in [0.5, 0.6) is 0 Å². The highest BCUT2D eigenvalue weighted by atomic mass is 16.1. The van der Waals surface area contributed by atoms with Crippen molar-refractivity contribution in [3.05, 3.63) is 72.3 Å². The Labute approximate surface area is 168 Å². The number of fused-ring (bicyclic) bond motifs is 1. The summed E-state index contributed by atoms with van der Waals surface area (Å²) in [5.74, 6) is 0.796. The number of nitrogens with zero attached hydrogens (tertiary/aromatic N) is 5. The van der Waals surface area contributed by atoms with Gasteiger partial charge in [-0.15, -0.1) is 0 Å². The van der Waals surface area contributed by atoms with Crippen molar-refractivity contribution in [3.63, 3.8) is 0 Å². The number of anilines is 1. The summed E-state index contributed by atoms with van der Waals surface area (Å²) in [5, 5.41) is 8.60. The Balaban J connectivity index is 1.64. The molecule has 0 aliphatic heterocycles. The number of rotatable bonds is 4. The first-order valence-corrected chi connectivity index (χ1v) is 9.42. The lowest BCUT2D eigenvalue weighted by atomic mass is 9.92. The largest absolute Gasteiger partial charge is 0.310 e. The second-order valence-corrected chi connectivity index (χ2v) is 7.84. The van der Waals surface area contributed by atoms with Gasteiger partial charge in [0.2, 0.25) is 5.91 Å². The van der Waals surface area contributed by atoms with E-state index in [1.807, 2.05) is 36.4 Å². The van der Waals surface area contributed by atoms with Crippen LogP contribution in [0.1, 0.15) is 32.0 Å². The summed E-state index contributed by atoms with van der Waals surface area (Å²) < 4.78 is 1.57. The molecule has 29 heavy (non-hydrogen) atoms. The average molecular weight is 386 g/mol. The molecule has 4 rings (SSSR count). The van der Waals surface area contributed by atoms with E-state index >= 15 is 0 Å². The minimum Gasteiger partial charge on any atom is -0.310 e. The smallest absolute Gasteiger partial charge is 0.252 e. The minimum absolute atomic E-state index is 0.152. The van der Waals surface area contributed by atoms with Gasteiger partial charge < -0.3 is 5.32 Å². The van der Waals surface area contributed by atoms with Crippen molar-refractivity contribution in [2.24, 2.45) is 0 Å². The normalized spacial score (nSPS) is 11.6. The van der Waals surface area contributed by atoms with E-state index in [2.05, 4.69) is 46.1 Å². The lowest BCUT2D eigenvalue weighted by Gasteiger charge is -2.13. The summed E-state index contributed by atoms with van der Waals surface area (Å²) in [4.78, 5) is 25.8. The van der Waals surface area contributed by atoms with Crippen LogP contribution in [0.4, 0.5) is 5.82 Å². The third-order valence-corrected chi connectivity index (χ3v) is 4.55. The monoisotopic (exact) mass is 386 g/mol. The molecule has 1 N–H and O–H groups in total. The Bertz CT molecular complexity index is 1160. The van der Waals surface area contributed by atoms with Gasteiger partial charge >= 0.3 is 0 Å². The molecule has 0 radical (unpaired) electrons. The number of hydrogen-bond acceptors (Lipinski definition) is 5. The number of nitrogens with one attached hydrogen (secondary N) is 1. The molecule has 1 aromatic carbocycles. The summed E-state index contributed by atoms with van der Waals surface area (Å²) in [5.41, 5.74) is 2.37. The highest BCUT2D eigenvalue weighted by Gasteiger charge is 2.22. The van der Waals surface area contributed by atoms with E-state index in [0.717, 1.165) is 22.2 Å². The molecule has 0 fully saturated rings. The maximum absolute atomic E-state index is 12.8. The van der Waals surface area contributed by atoms with Crippen LogP contribution in [0.15, 0.2) is 61.1 Å². The molecule has 1 amide bonds. The molecule has 0 spiro atoms. The molecular formula is C22H22N6O. The van der Waals surface area contributed by atoms with Gasteiger partial charge in [-0.2, -0.15) is 9.78 Å². The Hall–Kier alpha value is -3.61. The van der Waals surface area contributed by atoms with E-state index < -0.39 is 0 Å². The minimum atomic E-state index is -0.181. The molecule has 0 atom stereocenters. The molecule has 0 saturated heterocycles. The SMILES string of the molecule is CC(C)(C)c1cc(NC(=O)Cc2cccc3cccnc23)n(-c2ncccn2)n1. The summed E-state index contributed by atoms with van der Waals surface area (Å²) in [7, 11) is 0. The van der Waals surface area contributed by atoms with Gasteiger partial charge in [-0.25, -0.2) is 9.97 Å². The van der Waals surface area contributed by atoms with E-state index in [4.69, 9.17) is 0 Å². The molecule has 4 aromatic rings. The van der Waals surface area contributed by atoms with Crippen molar-refractivity contribution in [3.8, 4) is 5.95 Å². The zero-order chi connectivity index (χ0) is 20.4. The number of benzene rings is 1. The number of carbonyl (C=O) groups excluding carboxylic acids is 1. The molecule has 0 saturated carbocycles. The van der Waals surface area contributed by atoms with Crippen LogP contribution in [0.3, 0.4) is 0 Å². The summed E-state index contributed by atoms with van der Waals surface area (Å²) >= 11 is 0. The maximum Gasteiger partial charge on any atom is 0.252 e. The fraction of sp³-hybridized carbons (Fsp3) is 0.227. The Kier molecular flexibility index (Phi) is 4.80. The van der Waals surface area contributed by atoms with Crippen LogP contribution >= 0.6 is 0 Å². The second-order valence-electron chi connectivity index (χ2n) is 7.84. The van der Waals surface area contributed by atoms with Gasteiger partial charge in [0.15, 0.2) is 0 Å². The molecule has 7 heteroatoms. The quantitative estimate of drug-likeness (QED) is 0.578. The van der Waals surface area contributed by atoms with Gasteiger partial charge in [0.1, 0.15) is 5.82 Å². The molecule has 146 valence electrons. The maximum atomic E-state index is 12.8.